The van der Waals surface area contributed by atoms with Gasteiger partial charge in [0.1, 0.15) is 29.0 Å². The monoisotopic (exact) mass is 352 g/mol. The van der Waals surface area contributed by atoms with Crippen LogP contribution in [0.25, 0.3) is 22.4 Å². The minimum absolute atomic E-state index is 0.173. The van der Waals surface area contributed by atoms with Crippen LogP contribution in [0.5, 0.6) is 0 Å². The molecule has 0 aliphatic carbocycles. The molecule has 0 radical (unpaired) electrons. The van der Waals surface area contributed by atoms with Gasteiger partial charge in [-0.2, -0.15) is 5.10 Å². The summed E-state index contributed by atoms with van der Waals surface area (Å²) in [6.07, 6.45) is 0. The molecule has 26 heavy (non-hydrogen) atoms. The number of hydrogen-bond acceptors (Lipinski definition) is 5. The lowest BCUT2D eigenvalue weighted by Gasteiger charge is -2.05. The summed E-state index contributed by atoms with van der Waals surface area (Å²) in [4.78, 5) is 8.27. The first-order valence-corrected chi connectivity index (χ1v) is 7.81. The molecule has 0 atom stereocenters. The molecule has 8 heteroatoms. The first kappa shape index (κ1) is 15.9. The number of nitrogens with two attached hydrogens (primary N) is 2. The maximum absolute atomic E-state index is 14.0. The predicted molar refractivity (Wildman–Crippen MR) is 95.0 cm³/mol. The molecule has 0 unspecified atom stereocenters. The molecule has 2 aromatic heterocycles. The van der Waals surface area contributed by atoms with Gasteiger partial charge in [-0.15, -0.1) is 0 Å². The van der Waals surface area contributed by atoms with E-state index in [1.54, 1.807) is 28.9 Å². The third-order valence-electron chi connectivity index (χ3n) is 3.97. The second-order valence-electron chi connectivity index (χ2n) is 5.80. The van der Waals surface area contributed by atoms with Crippen molar-refractivity contribution in [3.8, 4) is 11.5 Å². The summed E-state index contributed by atoms with van der Waals surface area (Å²) in [7, 11) is 0. The van der Waals surface area contributed by atoms with Gasteiger partial charge in [-0.25, -0.2) is 18.7 Å². The normalized spacial score (nSPS) is 11.2. The van der Waals surface area contributed by atoms with E-state index in [2.05, 4.69) is 15.1 Å². The van der Waals surface area contributed by atoms with Crippen LogP contribution in [-0.4, -0.2) is 19.7 Å². The van der Waals surface area contributed by atoms with Crippen LogP contribution in [0.3, 0.4) is 0 Å². The third kappa shape index (κ3) is 2.81. The first-order valence-electron chi connectivity index (χ1n) is 7.81. The molecule has 130 valence electrons. The van der Waals surface area contributed by atoms with Crippen molar-refractivity contribution >= 4 is 22.5 Å². The van der Waals surface area contributed by atoms with E-state index in [0.29, 0.717) is 22.2 Å². The van der Waals surface area contributed by atoms with Gasteiger partial charge in [-0.3, -0.25) is 4.68 Å². The summed E-state index contributed by atoms with van der Waals surface area (Å²) >= 11 is 0. The topological polar surface area (TPSA) is 95.6 Å². The SMILES string of the molecule is Nc1cc(N)nc(-c2nn(Cc3ccccc3F)c3ccc(F)cc23)n1. The molecule has 4 aromatic rings. The summed E-state index contributed by atoms with van der Waals surface area (Å²) < 4.78 is 29.4. The third-order valence-corrected chi connectivity index (χ3v) is 3.97. The highest BCUT2D eigenvalue weighted by molar-refractivity contribution is 5.92. The van der Waals surface area contributed by atoms with E-state index >= 15 is 0 Å². The highest BCUT2D eigenvalue weighted by atomic mass is 19.1. The van der Waals surface area contributed by atoms with Crippen LogP contribution in [0, 0.1) is 11.6 Å². The van der Waals surface area contributed by atoms with Crippen LogP contribution in [0.4, 0.5) is 20.4 Å². The van der Waals surface area contributed by atoms with Gasteiger partial charge in [0.25, 0.3) is 0 Å². The number of rotatable bonds is 3. The highest BCUT2D eigenvalue weighted by Crippen LogP contribution is 2.28. The largest absolute Gasteiger partial charge is 0.384 e. The smallest absolute Gasteiger partial charge is 0.184 e. The Kier molecular flexibility index (Phi) is 3.72. The summed E-state index contributed by atoms with van der Waals surface area (Å²) in [6, 6.07) is 12.1. The van der Waals surface area contributed by atoms with Crippen LogP contribution in [-0.2, 0) is 6.54 Å². The second kappa shape index (κ2) is 6.07. The van der Waals surface area contributed by atoms with E-state index in [-0.39, 0.29) is 29.8 Å². The number of halogens is 2. The Morgan fingerprint density at radius 2 is 1.65 bits per heavy atom. The van der Waals surface area contributed by atoms with Gasteiger partial charge in [0.15, 0.2) is 5.82 Å². The minimum Gasteiger partial charge on any atom is -0.384 e. The van der Waals surface area contributed by atoms with Crippen molar-refractivity contribution in [2.45, 2.75) is 6.54 Å². The fraction of sp³-hybridized carbons (Fsp3) is 0.0556. The van der Waals surface area contributed by atoms with Crippen molar-refractivity contribution < 1.29 is 8.78 Å². The van der Waals surface area contributed by atoms with Crippen LogP contribution in [0.15, 0.2) is 48.5 Å². The summed E-state index contributed by atoms with van der Waals surface area (Å²) in [5.74, 6) is -0.225. The number of anilines is 2. The number of benzene rings is 2. The second-order valence-corrected chi connectivity index (χ2v) is 5.80. The molecule has 0 spiro atoms. The molecule has 0 aliphatic rings. The van der Waals surface area contributed by atoms with Crippen LogP contribution < -0.4 is 11.5 Å². The zero-order valence-corrected chi connectivity index (χ0v) is 13.5. The van der Waals surface area contributed by atoms with Crippen molar-refractivity contribution in [3.05, 3.63) is 65.7 Å². The zero-order valence-electron chi connectivity index (χ0n) is 13.5. The van der Waals surface area contributed by atoms with E-state index in [9.17, 15) is 8.78 Å². The van der Waals surface area contributed by atoms with Crippen molar-refractivity contribution in [2.75, 3.05) is 11.5 Å². The van der Waals surface area contributed by atoms with Crippen molar-refractivity contribution in [1.29, 1.82) is 0 Å². The maximum Gasteiger partial charge on any atom is 0.184 e. The van der Waals surface area contributed by atoms with E-state index in [4.69, 9.17) is 11.5 Å². The predicted octanol–water partition coefficient (Wildman–Crippen LogP) is 2.98. The van der Waals surface area contributed by atoms with Crippen molar-refractivity contribution in [1.82, 2.24) is 19.7 Å². The Morgan fingerprint density at radius 3 is 2.38 bits per heavy atom. The van der Waals surface area contributed by atoms with Crippen molar-refractivity contribution in [3.63, 3.8) is 0 Å². The zero-order chi connectivity index (χ0) is 18.3. The van der Waals surface area contributed by atoms with Crippen molar-refractivity contribution in [2.24, 2.45) is 0 Å². The molecule has 0 amide bonds. The average molecular weight is 352 g/mol. The summed E-state index contributed by atoms with van der Waals surface area (Å²) in [6.45, 7) is 0.173. The molecule has 0 bridgehead atoms. The standard InChI is InChI=1S/C18H14F2N6/c19-11-5-6-14-12(7-11)17(18-23-15(21)8-16(22)24-18)25-26(14)9-10-3-1-2-4-13(10)20/h1-8H,9H2,(H4,21,22,23,24). The lowest BCUT2D eigenvalue weighted by molar-refractivity contribution is 0.590. The quantitative estimate of drug-likeness (QED) is 0.591. The number of aromatic nitrogens is 4. The molecule has 0 saturated heterocycles. The molecule has 4 N–H and O–H groups in total. The number of nitrogens with zero attached hydrogens (tertiary/aromatic N) is 4. The lowest BCUT2D eigenvalue weighted by Crippen LogP contribution is -2.04. The van der Waals surface area contributed by atoms with Gasteiger partial charge >= 0.3 is 0 Å². The number of hydrogen-bond donors (Lipinski definition) is 2. The molecular formula is C18H14F2N6. The average Bonchev–Trinajstić information content (AvgIpc) is 2.94. The highest BCUT2D eigenvalue weighted by Gasteiger charge is 2.17. The van der Waals surface area contributed by atoms with Crippen LogP contribution in [0.1, 0.15) is 5.56 Å². The summed E-state index contributed by atoms with van der Waals surface area (Å²) in [5, 5.41) is 4.96. The fourth-order valence-corrected chi connectivity index (χ4v) is 2.82. The molecule has 4 rings (SSSR count). The van der Waals surface area contributed by atoms with Gasteiger partial charge < -0.3 is 11.5 Å². The molecule has 6 nitrogen and oxygen atoms in total. The van der Waals surface area contributed by atoms with Gasteiger partial charge in [0.2, 0.25) is 0 Å². The minimum atomic E-state index is -0.430. The molecule has 0 saturated carbocycles. The fourth-order valence-electron chi connectivity index (χ4n) is 2.82. The number of nitrogen functional groups attached to an aromatic ring is 2. The lowest BCUT2D eigenvalue weighted by atomic mass is 10.2. The van der Waals surface area contributed by atoms with E-state index in [1.165, 1.54) is 24.3 Å². The molecule has 0 fully saturated rings. The van der Waals surface area contributed by atoms with Crippen LogP contribution in [0.2, 0.25) is 0 Å². The van der Waals surface area contributed by atoms with Gasteiger partial charge in [-0.05, 0) is 24.3 Å². The van der Waals surface area contributed by atoms with E-state index in [0.717, 1.165) is 0 Å². The molecule has 0 aliphatic heterocycles. The van der Waals surface area contributed by atoms with Gasteiger partial charge in [0, 0.05) is 17.0 Å². The van der Waals surface area contributed by atoms with E-state index in [1.807, 2.05) is 0 Å². The first-order chi connectivity index (χ1) is 12.5. The van der Waals surface area contributed by atoms with Gasteiger partial charge in [-0.1, -0.05) is 18.2 Å². The van der Waals surface area contributed by atoms with Crippen LogP contribution >= 0.6 is 0 Å². The molecule has 2 aromatic carbocycles. The molecular weight excluding hydrogens is 338 g/mol. The maximum atomic E-state index is 14.0. The Hall–Kier alpha value is -3.55. The van der Waals surface area contributed by atoms with Gasteiger partial charge in [0.05, 0.1) is 12.1 Å². The Bertz CT molecular complexity index is 1100. The Labute approximate surface area is 147 Å². The summed E-state index contributed by atoms with van der Waals surface area (Å²) in [5.41, 5.74) is 12.9. The van der Waals surface area contributed by atoms with E-state index < -0.39 is 5.82 Å². The Morgan fingerprint density at radius 1 is 0.923 bits per heavy atom. The Balaban J connectivity index is 1.91. The number of fused-ring (bicyclic) bond motifs is 1. The molecule has 2 heterocycles.